The number of aromatic nitrogens is 4. The third-order valence-electron chi connectivity index (χ3n) is 2.58. The number of rotatable bonds is 4. The molecule has 2 heterocycles. The van der Waals surface area contributed by atoms with Crippen LogP contribution < -0.4 is 4.90 Å². The standard InChI is InChI=1S/C13H17N5/c1-10(2)9-17(4)12-7-14-8-13(16-12)18-6-5-15-11(18)3/h5-8H,1,9H2,2-4H3. The highest BCUT2D eigenvalue weighted by Crippen LogP contribution is 2.12. The summed E-state index contributed by atoms with van der Waals surface area (Å²) in [6, 6.07) is 0. The lowest BCUT2D eigenvalue weighted by Crippen LogP contribution is -2.21. The summed E-state index contributed by atoms with van der Waals surface area (Å²) in [5.41, 5.74) is 1.09. The Labute approximate surface area is 107 Å². The Morgan fingerprint density at radius 2 is 2.22 bits per heavy atom. The summed E-state index contributed by atoms with van der Waals surface area (Å²) in [5, 5.41) is 0. The Bertz CT molecular complexity index is 558. The van der Waals surface area contributed by atoms with E-state index in [9.17, 15) is 0 Å². The molecule has 5 nitrogen and oxygen atoms in total. The molecule has 0 aliphatic rings. The summed E-state index contributed by atoms with van der Waals surface area (Å²) in [5.74, 6) is 2.49. The molecule has 0 radical (unpaired) electrons. The van der Waals surface area contributed by atoms with Crippen molar-refractivity contribution in [1.29, 1.82) is 0 Å². The van der Waals surface area contributed by atoms with Crippen LogP contribution in [-0.4, -0.2) is 33.1 Å². The molecule has 0 N–H and O–H groups in total. The molecule has 94 valence electrons. The van der Waals surface area contributed by atoms with Gasteiger partial charge in [0.1, 0.15) is 11.6 Å². The lowest BCUT2D eigenvalue weighted by atomic mass is 10.3. The molecule has 2 rings (SSSR count). The highest BCUT2D eigenvalue weighted by molar-refractivity contribution is 5.40. The largest absolute Gasteiger partial charge is 0.354 e. The highest BCUT2D eigenvalue weighted by Gasteiger charge is 2.07. The SMILES string of the molecule is C=C(C)CN(C)c1cncc(-n2ccnc2C)n1. The summed E-state index contributed by atoms with van der Waals surface area (Å²) < 4.78 is 1.91. The van der Waals surface area contributed by atoms with Crippen LogP contribution in [0.3, 0.4) is 0 Å². The molecule has 0 aliphatic heterocycles. The van der Waals surface area contributed by atoms with E-state index in [2.05, 4.69) is 21.5 Å². The first kappa shape index (κ1) is 12.3. The summed E-state index contributed by atoms with van der Waals surface area (Å²) in [7, 11) is 1.98. The fraction of sp³-hybridized carbons (Fsp3) is 0.308. The predicted molar refractivity (Wildman–Crippen MR) is 72.0 cm³/mol. The zero-order chi connectivity index (χ0) is 13.1. The van der Waals surface area contributed by atoms with Gasteiger partial charge in [-0.2, -0.15) is 0 Å². The minimum Gasteiger partial charge on any atom is -0.354 e. The van der Waals surface area contributed by atoms with Crippen LogP contribution in [0.5, 0.6) is 0 Å². The Balaban J connectivity index is 2.31. The molecule has 2 aromatic rings. The zero-order valence-electron chi connectivity index (χ0n) is 11.0. The smallest absolute Gasteiger partial charge is 0.159 e. The van der Waals surface area contributed by atoms with Gasteiger partial charge in [0.05, 0.1) is 12.4 Å². The Morgan fingerprint density at radius 3 is 2.83 bits per heavy atom. The van der Waals surface area contributed by atoms with E-state index < -0.39 is 0 Å². The van der Waals surface area contributed by atoms with Crippen molar-refractivity contribution in [2.75, 3.05) is 18.5 Å². The molecule has 0 bridgehead atoms. The number of imidazole rings is 1. The van der Waals surface area contributed by atoms with Crippen LogP contribution in [0.15, 0.2) is 36.9 Å². The second kappa shape index (κ2) is 5.00. The normalized spacial score (nSPS) is 10.4. The molecule has 0 unspecified atom stereocenters. The Morgan fingerprint density at radius 1 is 1.44 bits per heavy atom. The van der Waals surface area contributed by atoms with E-state index >= 15 is 0 Å². The predicted octanol–water partition coefficient (Wildman–Crippen LogP) is 1.98. The fourth-order valence-electron chi connectivity index (χ4n) is 1.75. The van der Waals surface area contributed by atoms with Crippen molar-refractivity contribution in [3.05, 3.63) is 42.8 Å². The van der Waals surface area contributed by atoms with Gasteiger partial charge in [0, 0.05) is 26.0 Å². The molecule has 0 amide bonds. The zero-order valence-corrected chi connectivity index (χ0v) is 11.0. The minimum atomic E-state index is 0.765. The monoisotopic (exact) mass is 243 g/mol. The van der Waals surface area contributed by atoms with Crippen molar-refractivity contribution in [3.8, 4) is 5.82 Å². The van der Waals surface area contributed by atoms with Gasteiger partial charge < -0.3 is 4.90 Å². The van der Waals surface area contributed by atoms with E-state index in [1.165, 1.54) is 0 Å². The molecule has 0 atom stereocenters. The van der Waals surface area contributed by atoms with Crippen LogP contribution >= 0.6 is 0 Å². The topological polar surface area (TPSA) is 46.8 Å². The molecule has 0 aromatic carbocycles. The molecule has 5 heteroatoms. The molecule has 0 spiro atoms. The van der Waals surface area contributed by atoms with Crippen molar-refractivity contribution in [2.45, 2.75) is 13.8 Å². The quantitative estimate of drug-likeness (QED) is 0.770. The third-order valence-corrected chi connectivity index (χ3v) is 2.58. The van der Waals surface area contributed by atoms with Crippen molar-refractivity contribution >= 4 is 5.82 Å². The van der Waals surface area contributed by atoms with Crippen LogP contribution in [0.1, 0.15) is 12.7 Å². The van der Waals surface area contributed by atoms with Crippen LogP contribution in [0, 0.1) is 6.92 Å². The van der Waals surface area contributed by atoms with Gasteiger partial charge in [-0.05, 0) is 13.8 Å². The fourth-order valence-corrected chi connectivity index (χ4v) is 1.75. The number of hydrogen-bond acceptors (Lipinski definition) is 4. The Hall–Kier alpha value is -2.17. The average molecular weight is 243 g/mol. The van der Waals surface area contributed by atoms with Gasteiger partial charge in [-0.25, -0.2) is 9.97 Å². The van der Waals surface area contributed by atoms with Gasteiger partial charge in [-0.1, -0.05) is 12.2 Å². The van der Waals surface area contributed by atoms with Gasteiger partial charge in [-0.3, -0.25) is 9.55 Å². The lowest BCUT2D eigenvalue weighted by molar-refractivity contribution is 0.886. The molecule has 18 heavy (non-hydrogen) atoms. The van der Waals surface area contributed by atoms with Crippen LogP contribution in [0.2, 0.25) is 0 Å². The number of nitrogens with zero attached hydrogens (tertiary/aromatic N) is 5. The molecule has 0 saturated carbocycles. The molecular weight excluding hydrogens is 226 g/mol. The molecule has 0 saturated heterocycles. The van der Waals surface area contributed by atoms with Crippen LogP contribution in [0.4, 0.5) is 5.82 Å². The number of aryl methyl sites for hydroxylation is 1. The number of likely N-dealkylation sites (N-methyl/N-ethyl adjacent to an activating group) is 1. The van der Waals surface area contributed by atoms with E-state index in [-0.39, 0.29) is 0 Å². The lowest BCUT2D eigenvalue weighted by Gasteiger charge is -2.18. The third kappa shape index (κ3) is 2.56. The number of hydrogen-bond donors (Lipinski definition) is 0. The number of anilines is 1. The van der Waals surface area contributed by atoms with E-state index in [1.54, 1.807) is 18.6 Å². The minimum absolute atomic E-state index is 0.765. The maximum Gasteiger partial charge on any atom is 0.159 e. The first-order chi connectivity index (χ1) is 8.58. The average Bonchev–Trinajstić information content (AvgIpc) is 2.75. The summed E-state index contributed by atoms with van der Waals surface area (Å²) in [4.78, 5) is 15.0. The molecule has 0 fully saturated rings. The van der Waals surface area contributed by atoms with Crippen molar-refractivity contribution in [3.63, 3.8) is 0 Å². The second-order valence-electron chi connectivity index (χ2n) is 4.39. The summed E-state index contributed by atoms with van der Waals surface area (Å²) in [6.45, 7) is 8.60. The first-order valence-corrected chi connectivity index (χ1v) is 5.76. The first-order valence-electron chi connectivity index (χ1n) is 5.76. The van der Waals surface area contributed by atoms with Crippen molar-refractivity contribution in [1.82, 2.24) is 19.5 Å². The van der Waals surface area contributed by atoms with E-state index in [0.717, 1.165) is 29.6 Å². The maximum atomic E-state index is 4.57. The van der Waals surface area contributed by atoms with Crippen molar-refractivity contribution < 1.29 is 0 Å². The summed E-state index contributed by atoms with van der Waals surface area (Å²) >= 11 is 0. The van der Waals surface area contributed by atoms with Gasteiger partial charge >= 0.3 is 0 Å². The van der Waals surface area contributed by atoms with Crippen molar-refractivity contribution in [2.24, 2.45) is 0 Å². The van der Waals surface area contributed by atoms with Crippen LogP contribution in [0.25, 0.3) is 5.82 Å². The van der Waals surface area contributed by atoms with Gasteiger partial charge in [0.2, 0.25) is 0 Å². The maximum absolute atomic E-state index is 4.57. The Kier molecular flexibility index (Phi) is 3.41. The molecule has 0 aliphatic carbocycles. The molecule has 2 aromatic heterocycles. The van der Waals surface area contributed by atoms with Gasteiger partial charge in [0.15, 0.2) is 5.82 Å². The van der Waals surface area contributed by atoms with Gasteiger partial charge in [0.25, 0.3) is 0 Å². The van der Waals surface area contributed by atoms with E-state index in [1.807, 2.05) is 36.6 Å². The highest BCUT2D eigenvalue weighted by atomic mass is 15.2. The van der Waals surface area contributed by atoms with E-state index in [4.69, 9.17) is 0 Å². The molecular formula is C13H17N5. The van der Waals surface area contributed by atoms with Crippen LogP contribution in [-0.2, 0) is 0 Å². The second-order valence-corrected chi connectivity index (χ2v) is 4.39. The van der Waals surface area contributed by atoms with Gasteiger partial charge in [-0.15, -0.1) is 0 Å². The van der Waals surface area contributed by atoms with E-state index in [0.29, 0.717) is 0 Å². The summed E-state index contributed by atoms with van der Waals surface area (Å²) in [6.07, 6.45) is 7.11.